The number of carbonyl (C=O) groups is 1. The molecule has 2 aromatic rings. The SMILES string of the molecule is COc1cc(NC(C)c2cnccn2)ccc1NC(C)=O. The zero-order valence-corrected chi connectivity index (χ0v) is 12.3. The molecule has 1 aromatic carbocycles. The van der Waals surface area contributed by atoms with Crippen molar-refractivity contribution in [3.63, 3.8) is 0 Å². The summed E-state index contributed by atoms with van der Waals surface area (Å²) >= 11 is 0. The molecule has 21 heavy (non-hydrogen) atoms. The van der Waals surface area contributed by atoms with E-state index < -0.39 is 0 Å². The molecule has 1 amide bonds. The number of carbonyl (C=O) groups excluding carboxylic acids is 1. The molecule has 2 rings (SSSR count). The topological polar surface area (TPSA) is 76.1 Å². The third-order valence-electron chi connectivity index (χ3n) is 2.92. The second-order valence-electron chi connectivity index (χ2n) is 4.59. The zero-order valence-electron chi connectivity index (χ0n) is 12.3. The molecule has 0 saturated heterocycles. The molecule has 0 bridgehead atoms. The van der Waals surface area contributed by atoms with E-state index in [9.17, 15) is 4.79 Å². The summed E-state index contributed by atoms with van der Waals surface area (Å²) < 4.78 is 5.29. The summed E-state index contributed by atoms with van der Waals surface area (Å²) in [7, 11) is 1.57. The van der Waals surface area contributed by atoms with Crippen molar-refractivity contribution < 1.29 is 9.53 Å². The molecule has 1 atom stereocenters. The quantitative estimate of drug-likeness (QED) is 0.883. The van der Waals surface area contributed by atoms with Crippen LogP contribution < -0.4 is 15.4 Å². The average Bonchev–Trinajstić information content (AvgIpc) is 2.49. The molecule has 2 N–H and O–H groups in total. The maximum Gasteiger partial charge on any atom is 0.221 e. The number of hydrogen-bond donors (Lipinski definition) is 2. The fourth-order valence-electron chi connectivity index (χ4n) is 1.93. The summed E-state index contributed by atoms with van der Waals surface area (Å²) in [4.78, 5) is 19.4. The van der Waals surface area contributed by atoms with Gasteiger partial charge in [0.1, 0.15) is 5.75 Å². The predicted molar refractivity (Wildman–Crippen MR) is 81.4 cm³/mol. The summed E-state index contributed by atoms with van der Waals surface area (Å²) in [5.41, 5.74) is 2.37. The lowest BCUT2D eigenvalue weighted by Gasteiger charge is -2.16. The molecule has 0 saturated carbocycles. The van der Waals surface area contributed by atoms with E-state index in [1.165, 1.54) is 6.92 Å². The number of aromatic nitrogens is 2. The molecule has 0 spiro atoms. The minimum atomic E-state index is -0.137. The van der Waals surface area contributed by atoms with Crippen molar-refractivity contribution in [1.29, 1.82) is 0 Å². The third-order valence-corrected chi connectivity index (χ3v) is 2.92. The first-order valence-electron chi connectivity index (χ1n) is 6.58. The van der Waals surface area contributed by atoms with Crippen LogP contribution in [-0.4, -0.2) is 23.0 Å². The summed E-state index contributed by atoms with van der Waals surface area (Å²) in [6, 6.07) is 5.51. The highest BCUT2D eigenvalue weighted by molar-refractivity contribution is 5.90. The van der Waals surface area contributed by atoms with Gasteiger partial charge in [-0.2, -0.15) is 0 Å². The van der Waals surface area contributed by atoms with Gasteiger partial charge in [-0.15, -0.1) is 0 Å². The molecule has 1 unspecified atom stereocenters. The highest BCUT2D eigenvalue weighted by atomic mass is 16.5. The second-order valence-corrected chi connectivity index (χ2v) is 4.59. The lowest BCUT2D eigenvalue weighted by Crippen LogP contribution is -2.10. The van der Waals surface area contributed by atoms with E-state index >= 15 is 0 Å². The van der Waals surface area contributed by atoms with Crippen LogP contribution >= 0.6 is 0 Å². The fourth-order valence-corrected chi connectivity index (χ4v) is 1.93. The van der Waals surface area contributed by atoms with E-state index in [0.717, 1.165) is 11.4 Å². The second kappa shape index (κ2) is 6.69. The maximum atomic E-state index is 11.1. The number of amides is 1. The highest BCUT2D eigenvalue weighted by Gasteiger charge is 2.10. The Labute approximate surface area is 123 Å². The molecule has 0 fully saturated rings. The van der Waals surface area contributed by atoms with E-state index in [4.69, 9.17) is 4.74 Å². The summed E-state index contributed by atoms with van der Waals surface area (Å²) in [6.07, 6.45) is 5.02. The van der Waals surface area contributed by atoms with Crippen LogP contribution in [-0.2, 0) is 4.79 Å². The van der Waals surface area contributed by atoms with Crippen LogP contribution in [0.2, 0.25) is 0 Å². The predicted octanol–water partition coefficient (Wildman–Crippen LogP) is 2.62. The maximum absolute atomic E-state index is 11.1. The molecule has 0 aliphatic carbocycles. The first-order valence-corrected chi connectivity index (χ1v) is 6.58. The zero-order chi connectivity index (χ0) is 15.2. The minimum absolute atomic E-state index is 0.00928. The van der Waals surface area contributed by atoms with Crippen LogP contribution in [0.4, 0.5) is 11.4 Å². The molecule has 0 aliphatic heterocycles. The molecule has 0 aliphatic rings. The Morgan fingerprint density at radius 1 is 1.33 bits per heavy atom. The number of rotatable bonds is 5. The van der Waals surface area contributed by atoms with Gasteiger partial charge in [0.25, 0.3) is 0 Å². The van der Waals surface area contributed by atoms with Crippen molar-refractivity contribution in [2.45, 2.75) is 19.9 Å². The van der Waals surface area contributed by atoms with Crippen LogP contribution in [0.15, 0.2) is 36.8 Å². The molecule has 6 heteroatoms. The Bertz CT molecular complexity index is 616. The van der Waals surface area contributed by atoms with Crippen LogP contribution in [0.25, 0.3) is 0 Å². The van der Waals surface area contributed by atoms with Gasteiger partial charge in [0.05, 0.1) is 30.7 Å². The number of benzene rings is 1. The summed E-state index contributed by atoms with van der Waals surface area (Å²) in [6.45, 7) is 3.46. The van der Waals surface area contributed by atoms with Gasteiger partial charge in [-0.05, 0) is 19.1 Å². The molecule has 110 valence electrons. The lowest BCUT2D eigenvalue weighted by molar-refractivity contribution is -0.114. The van der Waals surface area contributed by atoms with Crippen LogP contribution in [0.1, 0.15) is 25.6 Å². The number of anilines is 2. The van der Waals surface area contributed by atoms with E-state index in [0.29, 0.717) is 11.4 Å². The molecule has 1 heterocycles. The Morgan fingerprint density at radius 3 is 2.76 bits per heavy atom. The van der Waals surface area contributed by atoms with E-state index in [-0.39, 0.29) is 11.9 Å². The average molecular weight is 286 g/mol. The van der Waals surface area contributed by atoms with Gasteiger partial charge >= 0.3 is 0 Å². The van der Waals surface area contributed by atoms with Gasteiger partial charge in [0.15, 0.2) is 0 Å². The van der Waals surface area contributed by atoms with Gasteiger partial charge in [-0.25, -0.2) is 0 Å². The fraction of sp³-hybridized carbons (Fsp3) is 0.267. The summed E-state index contributed by atoms with van der Waals surface area (Å²) in [5, 5.41) is 6.04. The van der Waals surface area contributed by atoms with Crippen molar-refractivity contribution in [3.05, 3.63) is 42.5 Å². The van der Waals surface area contributed by atoms with E-state index in [1.807, 2.05) is 19.1 Å². The number of nitrogens with one attached hydrogen (secondary N) is 2. The van der Waals surface area contributed by atoms with Crippen LogP contribution in [0.3, 0.4) is 0 Å². The monoisotopic (exact) mass is 286 g/mol. The number of nitrogens with zero attached hydrogens (tertiary/aromatic N) is 2. The van der Waals surface area contributed by atoms with Crippen molar-refractivity contribution >= 4 is 17.3 Å². The highest BCUT2D eigenvalue weighted by Crippen LogP contribution is 2.29. The van der Waals surface area contributed by atoms with E-state index in [1.54, 1.807) is 31.8 Å². The Kier molecular flexibility index (Phi) is 4.71. The largest absolute Gasteiger partial charge is 0.494 e. The lowest BCUT2D eigenvalue weighted by atomic mass is 10.2. The molecule has 6 nitrogen and oxygen atoms in total. The Morgan fingerprint density at radius 2 is 2.14 bits per heavy atom. The summed E-state index contributed by atoms with van der Waals surface area (Å²) in [5.74, 6) is 0.462. The molecule has 0 radical (unpaired) electrons. The molecular weight excluding hydrogens is 268 g/mol. The number of methoxy groups -OCH3 is 1. The Balaban J connectivity index is 2.15. The Hall–Kier alpha value is -2.63. The number of hydrogen-bond acceptors (Lipinski definition) is 5. The first-order chi connectivity index (χ1) is 10.1. The van der Waals surface area contributed by atoms with Crippen molar-refractivity contribution in [2.24, 2.45) is 0 Å². The van der Waals surface area contributed by atoms with Gasteiger partial charge in [-0.3, -0.25) is 14.8 Å². The van der Waals surface area contributed by atoms with Gasteiger partial charge in [0, 0.05) is 31.1 Å². The minimum Gasteiger partial charge on any atom is -0.494 e. The number of ether oxygens (including phenoxy) is 1. The van der Waals surface area contributed by atoms with Crippen molar-refractivity contribution in [2.75, 3.05) is 17.7 Å². The first kappa shape index (κ1) is 14.8. The van der Waals surface area contributed by atoms with Crippen molar-refractivity contribution in [3.8, 4) is 5.75 Å². The molecular formula is C15H18N4O2. The van der Waals surface area contributed by atoms with Gasteiger partial charge < -0.3 is 15.4 Å². The van der Waals surface area contributed by atoms with Gasteiger partial charge in [0.2, 0.25) is 5.91 Å². The molecule has 1 aromatic heterocycles. The van der Waals surface area contributed by atoms with Crippen molar-refractivity contribution in [1.82, 2.24) is 9.97 Å². The van der Waals surface area contributed by atoms with E-state index in [2.05, 4.69) is 20.6 Å². The van der Waals surface area contributed by atoms with Crippen LogP contribution in [0, 0.1) is 0 Å². The smallest absolute Gasteiger partial charge is 0.221 e. The normalized spacial score (nSPS) is 11.6. The third kappa shape index (κ3) is 3.92. The van der Waals surface area contributed by atoms with Crippen LogP contribution in [0.5, 0.6) is 5.75 Å². The standard InChI is InChI=1S/C15H18N4O2/c1-10(14-9-16-6-7-17-14)18-12-4-5-13(19-11(2)20)15(8-12)21-3/h4-10,18H,1-3H3,(H,19,20). The van der Waals surface area contributed by atoms with Gasteiger partial charge in [-0.1, -0.05) is 0 Å².